The van der Waals surface area contributed by atoms with E-state index in [1.165, 1.54) is 27.2 Å². The van der Waals surface area contributed by atoms with E-state index in [0.29, 0.717) is 29.4 Å². The molecule has 8 heteroatoms. The predicted molar refractivity (Wildman–Crippen MR) is 183 cm³/mol. The Morgan fingerprint density at radius 1 is 0.755 bits per heavy atom. The second-order valence-electron chi connectivity index (χ2n) is 12.4. The fourth-order valence-electron chi connectivity index (χ4n) is 7.09. The minimum absolute atomic E-state index is 0.120. The third kappa shape index (κ3) is 6.86. The normalized spacial score (nSPS) is 19.4. The van der Waals surface area contributed by atoms with Crippen molar-refractivity contribution in [3.05, 3.63) is 124 Å². The van der Waals surface area contributed by atoms with E-state index in [-0.39, 0.29) is 43.9 Å². The van der Waals surface area contributed by atoms with Crippen LogP contribution in [-0.4, -0.2) is 47.0 Å². The first-order valence-electron chi connectivity index (χ1n) is 16.4. The summed E-state index contributed by atoms with van der Waals surface area (Å²) < 4.78 is 11.6. The van der Waals surface area contributed by atoms with Crippen molar-refractivity contribution < 1.29 is 29.0 Å². The fraction of sp³-hybridized carbons (Fsp3) is 0.244. The third-order valence-corrected chi connectivity index (χ3v) is 9.41. The van der Waals surface area contributed by atoms with Gasteiger partial charge in [0.2, 0.25) is 11.8 Å². The number of rotatable bonds is 7. The minimum Gasteiger partial charge on any atom is -0.508 e. The van der Waals surface area contributed by atoms with Crippen LogP contribution in [0.15, 0.2) is 91.0 Å². The molecule has 3 aliphatic rings. The Kier molecular flexibility index (Phi) is 9.04. The molecule has 4 aromatic carbocycles. The van der Waals surface area contributed by atoms with Crippen LogP contribution < -0.4 is 14.8 Å². The van der Waals surface area contributed by atoms with Gasteiger partial charge in [0.1, 0.15) is 36.5 Å². The van der Waals surface area contributed by atoms with Gasteiger partial charge in [0.25, 0.3) is 5.91 Å². The van der Waals surface area contributed by atoms with Crippen LogP contribution in [0.4, 0.5) is 0 Å². The summed E-state index contributed by atoms with van der Waals surface area (Å²) in [7, 11) is 0. The second-order valence-corrected chi connectivity index (χ2v) is 12.4. The van der Waals surface area contributed by atoms with Crippen molar-refractivity contribution in [3.8, 4) is 40.9 Å². The van der Waals surface area contributed by atoms with Crippen LogP contribution >= 0.6 is 0 Å². The molecule has 1 fully saturated rings. The molecule has 1 saturated heterocycles. The number of carbonyl (C=O) groups is 3. The van der Waals surface area contributed by atoms with Gasteiger partial charge in [-0.05, 0) is 119 Å². The number of phenolic OH excluding ortho intramolecular Hbond substituents is 1. The summed E-state index contributed by atoms with van der Waals surface area (Å²) in [4.78, 5) is 38.1. The zero-order chi connectivity index (χ0) is 33.7. The monoisotopic (exact) mass is 650 g/mol. The van der Waals surface area contributed by atoms with Gasteiger partial charge in [-0.15, -0.1) is 0 Å². The molecule has 8 nitrogen and oxygen atoms in total. The number of amides is 3. The van der Waals surface area contributed by atoms with Crippen LogP contribution in [0.2, 0.25) is 0 Å². The molecule has 49 heavy (non-hydrogen) atoms. The second kappa shape index (κ2) is 14.0. The van der Waals surface area contributed by atoms with Crippen LogP contribution in [0.5, 0.6) is 17.2 Å². The number of benzene rings is 4. The van der Waals surface area contributed by atoms with E-state index in [4.69, 9.17) is 9.47 Å². The lowest BCUT2D eigenvalue weighted by molar-refractivity contribution is -0.136. The Labute approximate surface area is 285 Å². The lowest BCUT2D eigenvalue weighted by atomic mass is 9.69. The number of carbonyl (C=O) groups excluding carboxylic acids is 3. The molecule has 0 aromatic heterocycles. The van der Waals surface area contributed by atoms with Crippen molar-refractivity contribution in [1.82, 2.24) is 10.2 Å². The number of phenols is 1. The van der Waals surface area contributed by atoms with Gasteiger partial charge in [-0.2, -0.15) is 0 Å². The van der Waals surface area contributed by atoms with E-state index in [2.05, 4.69) is 71.5 Å². The maximum Gasteiger partial charge on any atom is 0.255 e. The summed E-state index contributed by atoms with van der Waals surface area (Å²) in [6, 6.07) is 29.1. The van der Waals surface area contributed by atoms with E-state index >= 15 is 0 Å². The highest BCUT2D eigenvalue weighted by Crippen LogP contribution is 2.47. The van der Waals surface area contributed by atoms with E-state index in [1.807, 2.05) is 24.3 Å². The summed E-state index contributed by atoms with van der Waals surface area (Å²) >= 11 is 0. The van der Waals surface area contributed by atoms with Gasteiger partial charge in [0.05, 0.1) is 0 Å². The first-order valence-corrected chi connectivity index (χ1v) is 16.4. The lowest BCUT2D eigenvalue weighted by Gasteiger charge is -2.34. The number of imide groups is 1. The first kappa shape index (κ1) is 31.6. The van der Waals surface area contributed by atoms with E-state index in [9.17, 15) is 19.5 Å². The Hall–Kier alpha value is -5.99. The Morgan fingerprint density at radius 3 is 2.24 bits per heavy atom. The molecular formula is C41H34N2O6. The fourth-order valence-corrected chi connectivity index (χ4v) is 7.09. The van der Waals surface area contributed by atoms with Gasteiger partial charge >= 0.3 is 0 Å². The maximum atomic E-state index is 12.9. The molecule has 0 spiro atoms. The molecule has 4 aromatic rings. The number of aryl methyl sites for hydroxylation is 1. The highest BCUT2D eigenvalue weighted by Gasteiger charge is 2.39. The Bertz CT molecular complexity index is 2030. The van der Waals surface area contributed by atoms with Gasteiger partial charge in [-0.1, -0.05) is 48.5 Å². The summed E-state index contributed by atoms with van der Waals surface area (Å²) in [5.74, 6) is 12.5. The topological polar surface area (TPSA) is 105 Å². The van der Waals surface area contributed by atoms with Crippen LogP contribution in [0.1, 0.15) is 69.3 Å². The number of nitrogens with one attached hydrogen (secondary N) is 1. The molecule has 2 aliphatic heterocycles. The number of hydrogen-bond acceptors (Lipinski definition) is 6. The number of aromatic hydroxyl groups is 1. The maximum absolute atomic E-state index is 12.9. The highest BCUT2D eigenvalue weighted by molar-refractivity contribution is 6.05. The van der Waals surface area contributed by atoms with Gasteiger partial charge in [0.15, 0.2) is 0 Å². The van der Waals surface area contributed by atoms with Crippen molar-refractivity contribution in [2.24, 2.45) is 0 Å². The quantitative estimate of drug-likeness (QED) is 0.203. The molecular weight excluding hydrogens is 616 g/mol. The van der Waals surface area contributed by atoms with Gasteiger partial charge in [0, 0.05) is 24.4 Å². The van der Waals surface area contributed by atoms with Crippen LogP contribution in [0.3, 0.4) is 0 Å². The van der Waals surface area contributed by atoms with Crippen molar-refractivity contribution in [2.75, 3.05) is 13.2 Å². The zero-order valence-corrected chi connectivity index (χ0v) is 26.8. The SMILES string of the molecule is O=C1CC[C@H](N2Cc3cc(OCC#CC#CCOc4ccc([C@@H]5c6ccc(O)cc6CC[C@@H]5c5ccccc5)cc4)ccc3C2=O)C(=O)N1. The number of hydrogen-bond donors (Lipinski definition) is 2. The van der Waals surface area contributed by atoms with Crippen molar-refractivity contribution in [1.29, 1.82) is 0 Å². The molecule has 7 rings (SSSR count). The first-order chi connectivity index (χ1) is 23.9. The molecule has 2 heterocycles. The predicted octanol–water partition coefficient (Wildman–Crippen LogP) is 5.48. The molecule has 2 N–H and O–H groups in total. The molecule has 3 atom stereocenters. The smallest absolute Gasteiger partial charge is 0.255 e. The van der Waals surface area contributed by atoms with Gasteiger partial charge < -0.3 is 19.5 Å². The number of fused-ring (bicyclic) bond motifs is 2. The number of ether oxygens (including phenoxy) is 2. The summed E-state index contributed by atoms with van der Waals surface area (Å²) in [6.07, 6.45) is 2.47. The van der Waals surface area contributed by atoms with Crippen LogP contribution in [0.25, 0.3) is 0 Å². The molecule has 244 valence electrons. The average Bonchev–Trinajstić information content (AvgIpc) is 3.44. The molecule has 0 unspecified atom stereocenters. The van der Waals surface area contributed by atoms with Crippen molar-refractivity contribution >= 4 is 17.7 Å². The average molecular weight is 651 g/mol. The van der Waals surface area contributed by atoms with Crippen LogP contribution in [0, 0.1) is 23.7 Å². The number of nitrogens with zero attached hydrogens (tertiary/aromatic N) is 1. The van der Waals surface area contributed by atoms with Crippen molar-refractivity contribution in [2.45, 2.75) is 50.1 Å². The lowest BCUT2D eigenvalue weighted by Crippen LogP contribution is -2.52. The zero-order valence-electron chi connectivity index (χ0n) is 26.8. The molecule has 0 bridgehead atoms. The Morgan fingerprint density at radius 2 is 1.49 bits per heavy atom. The molecule has 1 aliphatic carbocycles. The third-order valence-electron chi connectivity index (χ3n) is 9.41. The molecule has 0 radical (unpaired) electrons. The molecule has 3 amide bonds. The summed E-state index contributed by atoms with van der Waals surface area (Å²) in [6.45, 7) is 0.593. The standard InChI is InChI=1S/C41H34N2O6/c44-31-13-18-35-29(24-31)12-17-34(27-8-4-3-5-9-27)39(35)28-10-14-32(15-11-28)48-22-6-1-2-7-23-49-33-16-19-36-30(25-33)26-43(41(36)47)37-20-21-38(45)42-40(37)46/h3-5,8-11,13-16,18-19,24-25,34,37,39,44H,12,17,20-23,26H2,(H,42,45,46)/t34-,37+,39+/m1/s1. The van der Waals surface area contributed by atoms with Gasteiger partial charge in [-0.25, -0.2) is 0 Å². The highest BCUT2D eigenvalue weighted by atomic mass is 16.5. The summed E-state index contributed by atoms with van der Waals surface area (Å²) in [5, 5.41) is 12.4. The van der Waals surface area contributed by atoms with E-state index in [0.717, 1.165) is 24.2 Å². The van der Waals surface area contributed by atoms with E-state index in [1.54, 1.807) is 24.3 Å². The van der Waals surface area contributed by atoms with E-state index < -0.39 is 11.9 Å². The number of piperidine rings is 1. The van der Waals surface area contributed by atoms with Gasteiger partial charge in [-0.3, -0.25) is 19.7 Å². The molecule has 0 saturated carbocycles. The van der Waals surface area contributed by atoms with Crippen molar-refractivity contribution in [3.63, 3.8) is 0 Å². The minimum atomic E-state index is -0.654. The van der Waals surface area contributed by atoms with Crippen LogP contribution in [-0.2, 0) is 22.6 Å². The summed E-state index contributed by atoms with van der Waals surface area (Å²) in [5.41, 5.74) is 6.26. The largest absolute Gasteiger partial charge is 0.508 e. The Balaban J connectivity index is 0.918.